The van der Waals surface area contributed by atoms with E-state index in [1.807, 2.05) is 6.92 Å². The number of aromatic hydroxyl groups is 1. The van der Waals surface area contributed by atoms with Gasteiger partial charge < -0.3 is 9.52 Å². The topological polar surface area (TPSA) is 33.4 Å². The van der Waals surface area contributed by atoms with Crippen molar-refractivity contribution in [2.45, 2.75) is 13.3 Å². The third-order valence-electron chi connectivity index (χ3n) is 1.14. The van der Waals surface area contributed by atoms with E-state index in [4.69, 9.17) is 9.52 Å². The molecule has 0 atom stereocenters. The summed E-state index contributed by atoms with van der Waals surface area (Å²) >= 11 is 3.10. The second kappa shape index (κ2) is 2.43. The van der Waals surface area contributed by atoms with Crippen molar-refractivity contribution < 1.29 is 9.52 Å². The highest BCUT2D eigenvalue weighted by atomic mass is 79.9. The van der Waals surface area contributed by atoms with Crippen molar-refractivity contribution >= 4 is 15.9 Å². The Hall–Kier alpha value is -0.440. The summed E-state index contributed by atoms with van der Waals surface area (Å²) in [6.07, 6.45) is 0.793. The quantitative estimate of drug-likeness (QED) is 0.738. The summed E-state index contributed by atoms with van der Waals surface area (Å²) in [6.45, 7) is 1.96. The third-order valence-corrected chi connectivity index (χ3v) is 1.53. The molecule has 9 heavy (non-hydrogen) atoms. The summed E-state index contributed by atoms with van der Waals surface area (Å²) in [6, 6.07) is 1.76. The van der Waals surface area contributed by atoms with Crippen molar-refractivity contribution in [2.24, 2.45) is 0 Å². The van der Waals surface area contributed by atoms with Gasteiger partial charge in [-0.2, -0.15) is 0 Å². The monoisotopic (exact) mass is 190 g/mol. The molecule has 1 aromatic rings. The van der Waals surface area contributed by atoms with Crippen LogP contribution in [0.3, 0.4) is 0 Å². The number of aryl methyl sites for hydroxylation is 1. The zero-order valence-electron chi connectivity index (χ0n) is 5.02. The Labute approximate surface area is 61.6 Å². The normalized spacial score (nSPS) is 10.0. The second-order valence-corrected chi connectivity index (χ2v) is 2.52. The number of rotatable bonds is 1. The van der Waals surface area contributed by atoms with Crippen molar-refractivity contribution in [1.29, 1.82) is 0 Å². The van der Waals surface area contributed by atoms with Crippen LogP contribution in [-0.4, -0.2) is 5.11 Å². The molecule has 0 radical (unpaired) electrons. The van der Waals surface area contributed by atoms with Crippen LogP contribution in [0.25, 0.3) is 0 Å². The van der Waals surface area contributed by atoms with E-state index in [0.29, 0.717) is 4.67 Å². The van der Waals surface area contributed by atoms with Gasteiger partial charge in [-0.3, -0.25) is 0 Å². The Morgan fingerprint density at radius 2 is 2.44 bits per heavy atom. The van der Waals surface area contributed by atoms with Crippen LogP contribution < -0.4 is 0 Å². The fourth-order valence-electron chi connectivity index (χ4n) is 0.639. The lowest BCUT2D eigenvalue weighted by atomic mass is 10.3. The largest absolute Gasteiger partial charge is 0.480 e. The standard InChI is InChI=1S/C6H7BrO2/c1-2-4-3-5(7)9-6(4)8/h3,8H,2H2,1H3. The second-order valence-electron chi connectivity index (χ2n) is 1.73. The first-order chi connectivity index (χ1) is 4.24. The van der Waals surface area contributed by atoms with Crippen LogP contribution in [-0.2, 0) is 6.42 Å². The number of halogens is 1. The molecule has 1 heterocycles. The number of hydrogen-bond acceptors (Lipinski definition) is 2. The van der Waals surface area contributed by atoms with E-state index >= 15 is 0 Å². The zero-order valence-corrected chi connectivity index (χ0v) is 6.60. The van der Waals surface area contributed by atoms with Gasteiger partial charge in [-0.15, -0.1) is 0 Å². The lowest BCUT2D eigenvalue weighted by Gasteiger charge is -1.84. The Balaban J connectivity index is 3.01. The molecule has 0 amide bonds. The molecule has 0 aromatic carbocycles. The summed E-state index contributed by atoms with van der Waals surface area (Å²) in [4.78, 5) is 0. The van der Waals surface area contributed by atoms with Crippen molar-refractivity contribution in [3.8, 4) is 5.95 Å². The molecule has 1 N–H and O–H groups in total. The van der Waals surface area contributed by atoms with Gasteiger partial charge in [0.05, 0.1) is 0 Å². The van der Waals surface area contributed by atoms with Gasteiger partial charge in [0.2, 0.25) is 0 Å². The maximum atomic E-state index is 8.93. The Kier molecular flexibility index (Phi) is 1.81. The lowest BCUT2D eigenvalue weighted by molar-refractivity contribution is 0.320. The minimum atomic E-state index is 0.0179. The van der Waals surface area contributed by atoms with Crippen LogP contribution in [0.2, 0.25) is 0 Å². The van der Waals surface area contributed by atoms with Crippen LogP contribution >= 0.6 is 15.9 Å². The molecular weight excluding hydrogens is 184 g/mol. The predicted octanol–water partition coefficient (Wildman–Crippen LogP) is 2.31. The molecular formula is C6H7BrO2. The van der Waals surface area contributed by atoms with Crippen molar-refractivity contribution in [1.82, 2.24) is 0 Å². The molecule has 0 aliphatic heterocycles. The molecule has 0 saturated carbocycles. The highest BCUT2D eigenvalue weighted by Gasteiger charge is 2.04. The van der Waals surface area contributed by atoms with Crippen molar-refractivity contribution in [2.75, 3.05) is 0 Å². The van der Waals surface area contributed by atoms with Crippen LogP contribution in [0.1, 0.15) is 12.5 Å². The van der Waals surface area contributed by atoms with Crippen LogP contribution in [0.5, 0.6) is 5.95 Å². The summed E-state index contributed by atoms with van der Waals surface area (Å²) < 4.78 is 5.36. The van der Waals surface area contributed by atoms with Gasteiger partial charge in [-0.05, 0) is 28.4 Å². The lowest BCUT2D eigenvalue weighted by Crippen LogP contribution is -1.70. The maximum absolute atomic E-state index is 8.93. The van der Waals surface area contributed by atoms with E-state index < -0.39 is 0 Å². The molecule has 1 rings (SSSR count). The van der Waals surface area contributed by atoms with Gasteiger partial charge in [-0.1, -0.05) is 6.92 Å². The van der Waals surface area contributed by atoms with E-state index in [-0.39, 0.29) is 5.95 Å². The van der Waals surface area contributed by atoms with E-state index in [9.17, 15) is 0 Å². The smallest absolute Gasteiger partial charge is 0.286 e. The van der Waals surface area contributed by atoms with Crippen LogP contribution in [0, 0.1) is 0 Å². The van der Waals surface area contributed by atoms with E-state index in [1.54, 1.807) is 6.07 Å². The predicted molar refractivity (Wildman–Crippen MR) is 37.5 cm³/mol. The molecule has 1 aromatic heterocycles. The summed E-state index contributed by atoms with van der Waals surface area (Å²) in [5, 5.41) is 8.93. The van der Waals surface area contributed by atoms with Crippen LogP contribution in [0.4, 0.5) is 0 Å². The average molecular weight is 191 g/mol. The van der Waals surface area contributed by atoms with Crippen molar-refractivity contribution in [3.05, 3.63) is 16.3 Å². The Morgan fingerprint density at radius 3 is 2.67 bits per heavy atom. The first-order valence-electron chi connectivity index (χ1n) is 2.71. The van der Waals surface area contributed by atoms with Gasteiger partial charge in [0.25, 0.3) is 5.95 Å². The fraction of sp³-hybridized carbons (Fsp3) is 0.333. The molecule has 50 valence electrons. The van der Waals surface area contributed by atoms with Gasteiger partial charge in [0, 0.05) is 5.56 Å². The summed E-state index contributed by atoms with van der Waals surface area (Å²) in [5.41, 5.74) is 0.835. The Bertz CT molecular complexity index is 205. The molecule has 3 heteroatoms. The SMILES string of the molecule is CCc1cc(Br)oc1O. The average Bonchev–Trinajstić information content (AvgIpc) is 2.10. The van der Waals surface area contributed by atoms with Gasteiger partial charge in [0.1, 0.15) is 0 Å². The molecule has 0 unspecified atom stereocenters. The number of furan rings is 1. The molecule has 2 nitrogen and oxygen atoms in total. The third kappa shape index (κ3) is 1.27. The first-order valence-corrected chi connectivity index (χ1v) is 3.50. The molecule has 0 aliphatic rings. The van der Waals surface area contributed by atoms with Gasteiger partial charge in [-0.25, -0.2) is 0 Å². The minimum Gasteiger partial charge on any atom is -0.480 e. The van der Waals surface area contributed by atoms with E-state index in [0.717, 1.165) is 12.0 Å². The summed E-state index contributed by atoms with van der Waals surface area (Å²) in [5.74, 6) is 0.0179. The fourth-order valence-corrected chi connectivity index (χ4v) is 1.07. The molecule has 0 bridgehead atoms. The molecule has 0 aliphatic carbocycles. The van der Waals surface area contributed by atoms with E-state index in [2.05, 4.69) is 15.9 Å². The molecule has 0 fully saturated rings. The maximum Gasteiger partial charge on any atom is 0.286 e. The number of hydrogen-bond donors (Lipinski definition) is 1. The first kappa shape index (κ1) is 6.68. The summed E-state index contributed by atoms with van der Waals surface area (Å²) in [7, 11) is 0. The Morgan fingerprint density at radius 1 is 1.78 bits per heavy atom. The van der Waals surface area contributed by atoms with Crippen molar-refractivity contribution in [3.63, 3.8) is 0 Å². The highest BCUT2D eigenvalue weighted by molar-refractivity contribution is 9.10. The van der Waals surface area contributed by atoms with Gasteiger partial charge >= 0.3 is 0 Å². The van der Waals surface area contributed by atoms with Gasteiger partial charge in [0.15, 0.2) is 4.67 Å². The van der Waals surface area contributed by atoms with E-state index in [1.165, 1.54) is 0 Å². The molecule has 0 saturated heterocycles. The zero-order chi connectivity index (χ0) is 6.85. The minimum absolute atomic E-state index is 0.0179. The van der Waals surface area contributed by atoms with Crippen LogP contribution in [0.15, 0.2) is 15.2 Å². The highest BCUT2D eigenvalue weighted by Crippen LogP contribution is 2.25. The molecule has 0 spiro atoms.